The first-order valence-electron chi connectivity index (χ1n) is 26.2. The van der Waals surface area contributed by atoms with E-state index >= 15 is 0 Å². The van der Waals surface area contributed by atoms with E-state index in [1.165, 1.54) is 44.9 Å². The Balaban J connectivity index is 4.57. The molecule has 66 heavy (non-hydrogen) atoms. The summed E-state index contributed by atoms with van der Waals surface area (Å²) in [4.78, 5) is 38.0. The average Bonchev–Trinajstić information content (AvgIpc) is 3.31. The maximum atomic E-state index is 12.8. The Kier molecular flexibility index (Phi) is 49.6. The maximum Gasteiger partial charge on any atom is 0.306 e. The van der Waals surface area contributed by atoms with Gasteiger partial charge in [0, 0.05) is 19.3 Å². The summed E-state index contributed by atoms with van der Waals surface area (Å²) in [6.45, 7) is 6.25. The fourth-order valence-corrected chi connectivity index (χ4v) is 6.51. The monoisotopic (exact) mass is 911 g/mol. The molecule has 0 aromatic rings. The third kappa shape index (κ3) is 50.5. The lowest BCUT2D eigenvalue weighted by atomic mass is 10.1. The van der Waals surface area contributed by atoms with E-state index in [9.17, 15) is 14.4 Å². The van der Waals surface area contributed by atoms with E-state index in [0.29, 0.717) is 12.8 Å². The van der Waals surface area contributed by atoms with Crippen LogP contribution in [0.5, 0.6) is 0 Å². The molecule has 370 valence electrons. The molecule has 0 spiro atoms. The molecule has 0 N–H and O–H groups in total. The van der Waals surface area contributed by atoms with Crippen LogP contribution in [0.15, 0.2) is 134 Å². The molecule has 0 aliphatic carbocycles. The van der Waals surface area contributed by atoms with Gasteiger partial charge in [-0.25, -0.2) is 0 Å². The zero-order valence-electron chi connectivity index (χ0n) is 42.1. The van der Waals surface area contributed by atoms with Gasteiger partial charge in [-0.15, -0.1) is 0 Å². The lowest BCUT2D eigenvalue weighted by Gasteiger charge is -2.18. The quantitative estimate of drug-likeness (QED) is 0.0262. The predicted octanol–water partition coefficient (Wildman–Crippen LogP) is 17.5. The standard InChI is InChI=1S/C60H94O6/c1-4-7-10-13-16-19-22-25-27-29-30-32-33-35-38-41-44-47-50-53-59(62)65-56-57(55-64-58(61)52-49-46-43-40-37-24-21-18-15-12-9-6-3)66-60(63)54-51-48-45-42-39-36-34-31-28-26-23-20-17-14-11-8-5-2/h7,9-10,12,16-21,25-28,30,32,35,37-38,40,44,47,57H,4-6,8,11,13-15,22-24,29,31,33-34,36,39,41-43,45-46,48-56H2,1-3H3/b10-7-,12-9-,19-16-,20-17-,21-18-,27-25-,28-26-,32-30-,38-35-,40-37-,47-44-. The summed E-state index contributed by atoms with van der Waals surface area (Å²) in [7, 11) is 0. The molecule has 0 aliphatic rings. The highest BCUT2D eigenvalue weighted by Crippen LogP contribution is 2.12. The van der Waals surface area contributed by atoms with Crippen LogP contribution in [-0.2, 0) is 28.6 Å². The van der Waals surface area contributed by atoms with Crippen molar-refractivity contribution in [3.05, 3.63) is 134 Å². The highest BCUT2D eigenvalue weighted by Gasteiger charge is 2.19. The molecule has 0 rings (SSSR count). The SMILES string of the molecule is CC/C=C\C/C=C\C/C=C\C/C=C\C/C=C\C/C=C\CCC(=O)OCC(COC(=O)CCCC/C=C\C/C=C\C/C=C\CC)OC(=O)CCCCCCCCC/C=C\C/C=C\CCCCC. The minimum Gasteiger partial charge on any atom is -0.462 e. The van der Waals surface area contributed by atoms with Gasteiger partial charge >= 0.3 is 17.9 Å². The van der Waals surface area contributed by atoms with Crippen molar-refractivity contribution in [3.8, 4) is 0 Å². The van der Waals surface area contributed by atoms with Crippen molar-refractivity contribution in [1.82, 2.24) is 0 Å². The van der Waals surface area contributed by atoms with Crippen LogP contribution >= 0.6 is 0 Å². The predicted molar refractivity (Wildman–Crippen MR) is 283 cm³/mol. The number of ether oxygens (including phenoxy) is 3. The third-order valence-electron chi connectivity index (χ3n) is 10.4. The van der Waals surface area contributed by atoms with E-state index < -0.39 is 6.10 Å². The van der Waals surface area contributed by atoms with Gasteiger partial charge < -0.3 is 14.2 Å². The first-order chi connectivity index (χ1) is 32.5. The Morgan fingerprint density at radius 2 is 0.621 bits per heavy atom. The number of rotatable bonds is 45. The molecule has 0 bridgehead atoms. The zero-order valence-corrected chi connectivity index (χ0v) is 42.1. The Bertz CT molecular complexity index is 1460. The molecule has 0 aromatic carbocycles. The maximum absolute atomic E-state index is 12.8. The minimum absolute atomic E-state index is 0.129. The number of unbranched alkanes of at least 4 members (excludes halogenated alkanes) is 12. The minimum atomic E-state index is -0.833. The second kappa shape index (κ2) is 53.2. The largest absolute Gasteiger partial charge is 0.462 e. The van der Waals surface area contributed by atoms with Gasteiger partial charge in [0.05, 0.1) is 0 Å². The second-order valence-corrected chi connectivity index (χ2v) is 16.7. The van der Waals surface area contributed by atoms with Gasteiger partial charge in [-0.1, -0.05) is 199 Å². The van der Waals surface area contributed by atoms with Gasteiger partial charge in [-0.2, -0.15) is 0 Å². The molecule has 0 heterocycles. The summed E-state index contributed by atoms with van der Waals surface area (Å²) in [6, 6.07) is 0. The van der Waals surface area contributed by atoms with Crippen molar-refractivity contribution < 1.29 is 28.6 Å². The summed E-state index contributed by atoms with van der Waals surface area (Å²) in [5.41, 5.74) is 0. The number of hydrogen-bond acceptors (Lipinski definition) is 6. The molecule has 1 unspecified atom stereocenters. The smallest absolute Gasteiger partial charge is 0.306 e. The van der Waals surface area contributed by atoms with Gasteiger partial charge in [0.25, 0.3) is 0 Å². The summed E-state index contributed by atoms with van der Waals surface area (Å²) >= 11 is 0. The van der Waals surface area contributed by atoms with Gasteiger partial charge in [0.1, 0.15) is 13.2 Å². The van der Waals surface area contributed by atoms with Crippen LogP contribution < -0.4 is 0 Å². The van der Waals surface area contributed by atoms with Crippen molar-refractivity contribution in [3.63, 3.8) is 0 Å². The lowest BCUT2D eigenvalue weighted by molar-refractivity contribution is -0.166. The van der Waals surface area contributed by atoms with Crippen LogP contribution in [0.4, 0.5) is 0 Å². The Morgan fingerprint density at radius 3 is 1.05 bits per heavy atom. The second-order valence-electron chi connectivity index (χ2n) is 16.7. The zero-order chi connectivity index (χ0) is 47.9. The van der Waals surface area contributed by atoms with Crippen molar-refractivity contribution >= 4 is 17.9 Å². The Hall–Kier alpha value is -4.45. The van der Waals surface area contributed by atoms with E-state index in [2.05, 4.69) is 142 Å². The van der Waals surface area contributed by atoms with E-state index in [1.807, 2.05) is 12.2 Å². The summed E-state index contributed by atoms with van der Waals surface area (Å²) in [5.74, 6) is -1.07. The molecule has 0 aliphatic heterocycles. The molecule has 0 fully saturated rings. The van der Waals surface area contributed by atoms with Crippen LogP contribution in [0.3, 0.4) is 0 Å². The first-order valence-corrected chi connectivity index (χ1v) is 26.2. The normalized spacial score (nSPS) is 13.2. The van der Waals surface area contributed by atoms with Crippen molar-refractivity contribution in [2.24, 2.45) is 0 Å². The number of esters is 3. The van der Waals surface area contributed by atoms with Crippen LogP contribution in [0, 0.1) is 0 Å². The molecule has 0 saturated carbocycles. The summed E-state index contributed by atoms with van der Waals surface area (Å²) in [5, 5.41) is 0. The molecular formula is C60H94O6. The molecule has 1 atom stereocenters. The van der Waals surface area contributed by atoms with Crippen molar-refractivity contribution in [2.75, 3.05) is 13.2 Å². The van der Waals surface area contributed by atoms with E-state index in [1.54, 1.807) is 0 Å². The van der Waals surface area contributed by atoms with Crippen LogP contribution in [-0.4, -0.2) is 37.2 Å². The summed E-state index contributed by atoms with van der Waals surface area (Å²) < 4.78 is 16.7. The average molecular weight is 911 g/mol. The molecule has 6 heteroatoms. The summed E-state index contributed by atoms with van der Waals surface area (Å²) in [6.07, 6.45) is 74.5. The van der Waals surface area contributed by atoms with Crippen LogP contribution in [0.1, 0.15) is 207 Å². The van der Waals surface area contributed by atoms with Crippen LogP contribution in [0.2, 0.25) is 0 Å². The highest BCUT2D eigenvalue weighted by molar-refractivity contribution is 5.71. The van der Waals surface area contributed by atoms with E-state index in [0.717, 1.165) is 109 Å². The van der Waals surface area contributed by atoms with Gasteiger partial charge in [0.15, 0.2) is 6.10 Å². The fourth-order valence-electron chi connectivity index (χ4n) is 6.51. The number of hydrogen-bond donors (Lipinski definition) is 0. The molecule has 0 radical (unpaired) electrons. The van der Waals surface area contributed by atoms with Gasteiger partial charge in [-0.05, 0) is 122 Å². The first kappa shape index (κ1) is 61.5. The van der Waals surface area contributed by atoms with E-state index in [-0.39, 0.29) is 50.4 Å². The van der Waals surface area contributed by atoms with Crippen molar-refractivity contribution in [2.45, 2.75) is 213 Å². The Labute approximate surface area is 405 Å². The fraction of sp³-hybridized carbons (Fsp3) is 0.583. The lowest BCUT2D eigenvalue weighted by Crippen LogP contribution is -2.30. The van der Waals surface area contributed by atoms with Gasteiger partial charge in [0.2, 0.25) is 0 Å². The Morgan fingerprint density at radius 1 is 0.318 bits per heavy atom. The molecular weight excluding hydrogens is 817 g/mol. The molecule has 0 amide bonds. The number of carbonyl (C=O) groups excluding carboxylic acids is 3. The topological polar surface area (TPSA) is 78.9 Å². The van der Waals surface area contributed by atoms with E-state index in [4.69, 9.17) is 14.2 Å². The molecule has 6 nitrogen and oxygen atoms in total. The van der Waals surface area contributed by atoms with Crippen molar-refractivity contribution in [1.29, 1.82) is 0 Å². The number of allylic oxidation sites excluding steroid dienone is 22. The van der Waals surface area contributed by atoms with Gasteiger partial charge in [-0.3, -0.25) is 14.4 Å². The highest BCUT2D eigenvalue weighted by atomic mass is 16.6. The molecule has 0 aromatic heterocycles. The van der Waals surface area contributed by atoms with Crippen LogP contribution in [0.25, 0.3) is 0 Å². The number of carbonyl (C=O) groups is 3. The third-order valence-corrected chi connectivity index (χ3v) is 10.4. The molecule has 0 saturated heterocycles.